The molecule has 0 aliphatic carbocycles. The summed E-state index contributed by atoms with van der Waals surface area (Å²) in [5.41, 5.74) is -12.3. The molecule has 1 aromatic carbocycles. The van der Waals surface area contributed by atoms with Gasteiger partial charge in [-0.15, -0.1) is 0 Å². The van der Waals surface area contributed by atoms with Crippen molar-refractivity contribution in [3.8, 4) is 0 Å². The van der Waals surface area contributed by atoms with Crippen LogP contribution in [0.1, 0.15) is 38.4 Å². The predicted octanol–water partition coefficient (Wildman–Crippen LogP) is 7.08. The Hall–Kier alpha value is -3.33. The first-order valence-corrected chi connectivity index (χ1v) is 8.22. The van der Waals surface area contributed by atoms with E-state index in [1.807, 2.05) is 0 Å². The third kappa shape index (κ3) is 5.96. The number of aliphatic hydroxyl groups is 1. The van der Waals surface area contributed by atoms with Crippen LogP contribution in [0.15, 0.2) is 30.3 Å². The molecule has 0 bridgehead atoms. The van der Waals surface area contributed by atoms with Gasteiger partial charge >= 0.3 is 24.7 Å². The molecule has 1 N–H and O–H groups in total. The molecule has 186 valence electrons. The Morgan fingerprint density at radius 2 is 1.06 bits per heavy atom. The second kappa shape index (κ2) is 8.47. The van der Waals surface area contributed by atoms with E-state index >= 15 is 0 Å². The van der Waals surface area contributed by atoms with Crippen molar-refractivity contribution in [2.24, 2.45) is 0 Å². The van der Waals surface area contributed by atoms with E-state index in [0.29, 0.717) is 0 Å². The van der Waals surface area contributed by atoms with Gasteiger partial charge in [-0.25, -0.2) is 9.37 Å². The molecule has 0 aliphatic rings. The quantitative estimate of drug-likeness (QED) is 0.206. The van der Waals surface area contributed by atoms with E-state index in [2.05, 4.69) is 4.98 Å². The zero-order valence-electron chi connectivity index (χ0n) is 15.6. The summed E-state index contributed by atoms with van der Waals surface area (Å²) in [5.74, 6) is -6.37. The first kappa shape index (κ1) is 26.9. The number of ketones is 1. The summed E-state index contributed by atoms with van der Waals surface area (Å²) >= 11 is 0. The maximum absolute atomic E-state index is 13.7. The Bertz CT molecular complexity index is 1070. The van der Waals surface area contributed by atoms with Gasteiger partial charge < -0.3 is 5.11 Å². The van der Waals surface area contributed by atoms with E-state index in [-0.39, 0.29) is 30.3 Å². The number of allylic oxidation sites excluding steroid dienone is 1. The van der Waals surface area contributed by atoms with Crippen molar-refractivity contribution < 1.29 is 67.0 Å². The van der Waals surface area contributed by atoms with Crippen molar-refractivity contribution in [1.29, 1.82) is 0 Å². The number of halogens is 13. The number of rotatable bonds is 3. The van der Waals surface area contributed by atoms with Crippen molar-refractivity contribution in [1.82, 2.24) is 4.98 Å². The molecule has 34 heavy (non-hydrogen) atoms. The van der Waals surface area contributed by atoms with Crippen LogP contribution in [0, 0.1) is 5.82 Å². The lowest BCUT2D eigenvalue weighted by Crippen LogP contribution is -2.17. The smallest absolute Gasteiger partial charge is 0.433 e. The zero-order valence-corrected chi connectivity index (χ0v) is 15.6. The highest BCUT2D eigenvalue weighted by molar-refractivity contribution is 6.08. The van der Waals surface area contributed by atoms with Crippen molar-refractivity contribution in [2.45, 2.75) is 24.7 Å². The molecule has 0 spiro atoms. The number of aromatic nitrogens is 1. The Labute approximate surface area is 179 Å². The van der Waals surface area contributed by atoms with Crippen LogP contribution >= 0.6 is 0 Å². The summed E-state index contributed by atoms with van der Waals surface area (Å²) < 4.78 is 168. The summed E-state index contributed by atoms with van der Waals surface area (Å²) in [7, 11) is 0. The van der Waals surface area contributed by atoms with Crippen LogP contribution in [0.2, 0.25) is 0 Å². The molecule has 0 saturated heterocycles. The molecule has 0 fully saturated rings. The third-order valence-electron chi connectivity index (χ3n) is 3.94. The number of pyridine rings is 1. The number of alkyl halides is 12. The largest absolute Gasteiger partial charge is 0.507 e. The first-order valence-electron chi connectivity index (χ1n) is 8.22. The normalized spacial score (nSPS) is 13.9. The van der Waals surface area contributed by atoms with Crippen molar-refractivity contribution in [3.05, 3.63) is 69.8 Å². The summed E-state index contributed by atoms with van der Waals surface area (Å²) in [6, 6.07) is -1.04. The van der Waals surface area contributed by atoms with Gasteiger partial charge in [0, 0.05) is 17.2 Å². The Morgan fingerprint density at radius 3 is 1.38 bits per heavy atom. The fraction of sp³-hybridized carbons (Fsp3) is 0.222. The maximum atomic E-state index is 13.7. The standard InChI is InChI=1S/C18H6F13NO2/c19-14-8(15(20,21)22)1-6(2-9(14)16(23,24)25)10(33)5-11(34)7-3-12(17(26,27)28)32-13(4-7)18(29,30)31/h1-5,33H/b10-5-. The molecule has 2 aromatic rings. The van der Waals surface area contributed by atoms with E-state index in [0.717, 1.165) is 0 Å². The molecule has 0 unspecified atom stereocenters. The zero-order chi connectivity index (χ0) is 26.4. The van der Waals surface area contributed by atoms with E-state index in [1.165, 1.54) is 0 Å². The van der Waals surface area contributed by atoms with Gasteiger partial charge in [0.1, 0.15) is 23.0 Å². The molecular formula is C18H6F13NO2. The minimum Gasteiger partial charge on any atom is -0.507 e. The molecule has 1 heterocycles. The van der Waals surface area contributed by atoms with E-state index in [1.54, 1.807) is 0 Å². The Balaban J connectivity index is 2.67. The van der Waals surface area contributed by atoms with Gasteiger partial charge in [0.25, 0.3) is 0 Å². The van der Waals surface area contributed by atoms with Crippen LogP contribution in [0.5, 0.6) is 0 Å². The van der Waals surface area contributed by atoms with Gasteiger partial charge in [-0.05, 0) is 24.3 Å². The lowest BCUT2D eigenvalue weighted by Gasteiger charge is -2.16. The second-order valence-electron chi connectivity index (χ2n) is 6.40. The highest BCUT2D eigenvalue weighted by Gasteiger charge is 2.43. The molecule has 0 atom stereocenters. The average Bonchev–Trinajstić information content (AvgIpc) is 2.64. The van der Waals surface area contributed by atoms with Crippen molar-refractivity contribution >= 4 is 11.5 Å². The monoisotopic (exact) mass is 515 g/mol. The highest BCUT2D eigenvalue weighted by atomic mass is 19.4. The van der Waals surface area contributed by atoms with Gasteiger partial charge in [0.05, 0.1) is 11.1 Å². The third-order valence-corrected chi connectivity index (χ3v) is 3.94. The lowest BCUT2D eigenvalue weighted by molar-refractivity contribution is -0.150. The topological polar surface area (TPSA) is 50.2 Å². The first-order chi connectivity index (χ1) is 15.1. The van der Waals surface area contributed by atoms with Gasteiger partial charge in [-0.2, -0.15) is 52.7 Å². The lowest BCUT2D eigenvalue weighted by atomic mass is 10.0. The van der Waals surface area contributed by atoms with Gasteiger partial charge in [-0.1, -0.05) is 0 Å². The number of aliphatic hydroxyl groups excluding tert-OH is 1. The molecule has 3 nitrogen and oxygen atoms in total. The van der Waals surface area contributed by atoms with Crippen LogP contribution in [0.4, 0.5) is 57.1 Å². The molecular weight excluding hydrogens is 509 g/mol. The van der Waals surface area contributed by atoms with Gasteiger partial charge in [0.2, 0.25) is 0 Å². The Kier molecular flexibility index (Phi) is 6.70. The summed E-state index contributed by atoms with van der Waals surface area (Å²) in [4.78, 5) is 14.4. The SMILES string of the molecule is O=C(/C=C(\O)c1cc(C(F)(F)F)c(F)c(C(F)(F)F)c1)c1cc(C(F)(F)F)nc(C(F)(F)F)c1. The number of carbonyl (C=O) groups is 1. The molecule has 0 amide bonds. The predicted molar refractivity (Wildman–Crippen MR) is 85.6 cm³/mol. The van der Waals surface area contributed by atoms with E-state index < -0.39 is 75.7 Å². The van der Waals surface area contributed by atoms with Crippen LogP contribution in [-0.4, -0.2) is 15.9 Å². The summed E-state index contributed by atoms with van der Waals surface area (Å²) in [5, 5.41) is 9.80. The van der Waals surface area contributed by atoms with Crippen LogP contribution in [-0.2, 0) is 24.7 Å². The van der Waals surface area contributed by atoms with Crippen molar-refractivity contribution in [2.75, 3.05) is 0 Å². The number of carbonyl (C=O) groups excluding carboxylic acids is 1. The average molecular weight is 515 g/mol. The number of nitrogens with zero attached hydrogens (tertiary/aromatic N) is 1. The van der Waals surface area contributed by atoms with Gasteiger partial charge in [-0.3, -0.25) is 4.79 Å². The maximum Gasteiger partial charge on any atom is 0.433 e. The molecule has 16 heteroatoms. The van der Waals surface area contributed by atoms with Crippen LogP contribution < -0.4 is 0 Å². The Morgan fingerprint density at radius 1 is 0.676 bits per heavy atom. The second-order valence-corrected chi connectivity index (χ2v) is 6.40. The van der Waals surface area contributed by atoms with E-state index in [4.69, 9.17) is 0 Å². The summed E-state index contributed by atoms with van der Waals surface area (Å²) in [6.45, 7) is 0. The minimum atomic E-state index is -5.71. The number of hydrogen-bond acceptors (Lipinski definition) is 3. The van der Waals surface area contributed by atoms with Crippen LogP contribution in [0.25, 0.3) is 5.76 Å². The van der Waals surface area contributed by atoms with E-state index in [9.17, 15) is 67.0 Å². The minimum absolute atomic E-state index is 0.186. The fourth-order valence-electron chi connectivity index (χ4n) is 2.44. The molecule has 1 aromatic heterocycles. The molecule has 0 radical (unpaired) electrons. The fourth-order valence-corrected chi connectivity index (χ4v) is 2.44. The van der Waals surface area contributed by atoms with Crippen LogP contribution in [0.3, 0.4) is 0 Å². The molecule has 2 rings (SSSR count). The number of benzene rings is 1. The molecule has 0 saturated carbocycles. The molecule has 0 aliphatic heterocycles. The highest BCUT2D eigenvalue weighted by Crippen LogP contribution is 2.40. The number of hydrogen-bond donors (Lipinski definition) is 1. The van der Waals surface area contributed by atoms with Crippen molar-refractivity contribution in [3.63, 3.8) is 0 Å². The van der Waals surface area contributed by atoms with Gasteiger partial charge in [0.15, 0.2) is 5.78 Å². The summed E-state index contributed by atoms with van der Waals surface area (Å²) in [6.07, 6.45) is -22.6.